The molecule has 6 aromatic rings. The molecule has 0 radical (unpaired) electrons. The van der Waals surface area contributed by atoms with Gasteiger partial charge in [-0.25, -0.2) is 19.9 Å². The lowest BCUT2D eigenvalue weighted by atomic mass is 9.50. The van der Waals surface area contributed by atoms with Crippen molar-refractivity contribution in [1.82, 2.24) is 19.9 Å². The molecule has 4 heteroatoms. The van der Waals surface area contributed by atoms with Gasteiger partial charge in [0.1, 0.15) is 0 Å². The van der Waals surface area contributed by atoms with Gasteiger partial charge in [0.2, 0.25) is 0 Å². The van der Waals surface area contributed by atoms with Crippen molar-refractivity contribution in [2.45, 2.75) is 117 Å². The second-order valence-electron chi connectivity index (χ2n) is 15.9. The second-order valence-corrected chi connectivity index (χ2v) is 15.9. The van der Waals surface area contributed by atoms with E-state index in [1.54, 1.807) is 0 Å². The van der Waals surface area contributed by atoms with E-state index in [1.807, 2.05) is 0 Å². The van der Waals surface area contributed by atoms with Crippen molar-refractivity contribution >= 4 is 44.1 Å². The van der Waals surface area contributed by atoms with Crippen molar-refractivity contribution in [3.8, 4) is 0 Å². The second kappa shape index (κ2) is 9.80. The highest BCUT2D eigenvalue weighted by atomic mass is 14.8. The Morgan fingerprint density at radius 3 is 0.761 bits per heavy atom. The van der Waals surface area contributed by atoms with E-state index in [1.165, 1.54) is 44.5 Å². The summed E-state index contributed by atoms with van der Waals surface area (Å²) >= 11 is 0. The maximum atomic E-state index is 5.26. The van der Waals surface area contributed by atoms with Gasteiger partial charge in [0.05, 0.1) is 44.1 Å². The largest absolute Gasteiger partial charge is 0.244 e. The number of rotatable bonds is 4. The molecule has 2 bridgehead atoms. The van der Waals surface area contributed by atoms with Gasteiger partial charge in [-0.05, 0) is 130 Å². The number of fused-ring (bicyclic) bond motifs is 5. The van der Waals surface area contributed by atoms with Gasteiger partial charge in [-0.3, -0.25) is 0 Å². The van der Waals surface area contributed by atoms with Crippen molar-refractivity contribution < 1.29 is 0 Å². The summed E-state index contributed by atoms with van der Waals surface area (Å²) in [6.45, 7) is 23.1. The summed E-state index contributed by atoms with van der Waals surface area (Å²) in [5.74, 6) is 1.77. The molecule has 4 nitrogen and oxygen atoms in total. The molecule has 0 amide bonds. The van der Waals surface area contributed by atoms with Crippen LogP contribution >= 0.6 is 0 Å². The lowest BCUT2D eigenvalue weighted by Crippen LogP contribution is -2.46. The zero-order valence-electron chi connectivity index (χ0n) is 29.1. The van der Waals surface area contributed by atoms with Crippen LogP contribution in [0.5, 0.6) is 0 Å². The van der Waals surface area contributed by atoms with Crippen molar-refractivity contribution in [2.24, 2.45) is 0 Å². The molecule has 2 heterocycles. The molecule has 0 N–H and O–H groups in total. The first-order valence-electron chi connectivity index (χ1n) is 17.4. The van der Waals surface area contributed by atoms with Crippen LogP contribution in [0.1, 0.15) is 150 Å². The quantitative estimate of drug-likeness (QED) is 0.187. The fraction of sp³-hybridized carbons (Fsp3) is 0.429. The Balaban J connectivity index is 1.35. The summed E-state index contributed by atoms with van der Waals surface area (Å²) in [6.07, 6.45) is 2.21. The first-order valence-corrected chi connectivity index (χ1v) is 17.4. The SMILES string of the molecule is CC(C)c1cc2nc3cc4c(cc3nc2cc1C(C)C)C1(C)CCC4(C)c2cc3nc4cc(C(C)C)c(C(C)C)cc4nc3cc21. The van der Waals surface area contributed by atoms with E-state index in [0.717, 1.165) is 57.0 Å². The predicted octanol–water partition coefficient (Wildman–Crippen LogP) is 11.1. The summed E-state index contributed by atoms with van der Waals surface area (Å²) in [4.78, 5) is 21.1. The lowest BCUT2D eigenvalue weighted by Gasteiger charge is -2.53. The molecule has 4 aromatic carbocycles. The van der Waals surface area contributed by atoms with Gasteiger partial charge >= 0.3 is 0 Å². The minimum Gasteiger partial charge on any atom is -0.244 e. The number of nitrogens with zero attached hydrogens (tertiary/aromatic N) is 4. The highest BCUT2D eigenvalue weighted by Gasteiger charge is 2.52. The van der Waals surface area contributed by atoms with Gasteiger partial charge in [0.25, 0.3) is 0 Å². The molecule has 2 aromatic heterocycles. The molecule has 0 atom stereocenters. The number of benzene rings is 4. The van der Waals surface area contributed by atoms with Crippen LogP contribution in [0.15, 0.2) is 48.5 Å². The fourth-order valence-electron chi connectivity index (χ4n) is 8.76. The van der Waals surface area contributed by atoms with Crippen LogP contribution in [0.2, 0.25) is 0 Å². The van der Waals surface area contributed by atoms with E-state index >= 15 is 0 Å². The first-order chi connectivity index (χ1) is 21.8. The van der Waals surface area contributed by atoms with Crippen LogP contribution in [0.4, 0.5) is 0 Å². The molecule has 0 spiro atoms. The lowest BCUT2D eigenvalue weighted by molar-refractivity contribution is 0.328. The third-order valence-electron chi connectivity index (χ3n) is 11.5. The Labute approximate surface area is 273 Å². The molecule has 3 aliphatic carbocycles. The standard InChI is InChI=1S/C42H46N4/c1-21(2)25-13-33-34(14-26(25)22(3)4)44-38-18-30-29(17-37(38)43-33)41(9)11-12-42(30,10)32-20-40-39(19-31(32)41)45-35-15-27(23(5)6)28(24(7)8)16-36(35)46-40/h13-24H,11-12H2,1-10H3. The van der Waals surface area contributed by atoms with Crippen molar-refractivity contribution in [1.29, 1.82) is 0 Å². The predicted molar refractivity (Wildman–Crippen MR) is 193 cm³/mol. The molecule has 0 saturated carbocycles. The van der Waals surface area contributed by atoms with E-state index in [9.17, 15) is 0 Å². The van der Waals surface area contributed by atoms with Crippen LogP contribution in [0, 0.1) is 0 Å². The summed E-state index contributed by atoms with van der Waals surface area (Å²) in [7, 11) is 0. The van der Waals surface area contributed by atoms with Crippen molar-refractivity contribution in [3.63, 3.8) is 0 Å². The first kappa shape index (κ1) is 29.5. The van der Waals surface area contributed by atoms with Crippen LogP contribution in [0.3, 0.4) is 0 Å². The molecule has 0 aliphatic heterocycles. The van der Waals surface area contributed by atoms with Crippen LogP contribution < -0.4 is 0 Å². The molecule has 3 aliphatic rings. The fourth-order valence-corrected chi connectivity index (χ4v) is 8.76. The third kappa shape index (κ3) is 4.04. The Bertz CT molecular complexity index is 1950. The maximum Gasteiger partial charge on any atom is 0.0897 e. The van der Waals surface area contributed by atoms with Crippen LogP contribution in [0.25, 0.3) is 44.1 Å². The van der Waals surface area contributed by atoms with Gasteiger partial charge in [0.15, 0.2) is 0 Å². The van der Waals surface area contributed by atoms with E-state index in [2.05, 4.69) is 118 Å². The van der Waals surface area contributed by atoms with Gasteiger partial charge in [0, 0.05) is 10.8 Å². The Kier molecular flexibility index (Phi) is 6.28. The molecule has 0 unspecified atom stereocenters. The van der Waals surface area contributed by atoms with E-state index < -0.39 is 0 Å². The maximum absolute atomic E-state index is 5.26. The normalized spacial score (nSPS) is 20.7. The van der Waals surface area contributed by atoms with Gasteiger partial charge in [-0.1, -0.05) is 69.2 Å². The summed E-state index contributed by atoms with van der Waals surface area (Å²) < 4.78 is 0. The average Bonchev–Trinajstić information content (AvgIpc) is 3.01. The third-order valence-corrected chi connectivity index (χ3v) is 11.5. The summed E-state index contributed by atoms with van der Waals surface area (Å²) in [5.41, 5.74) is 18.8. The molecular weight excluding hydrogens is 560 g/mol. The van der Waals surface area contributed by atoms with Gasteiger partial charge < -0.3 is 0 Å². The smallest absolute Gasteiger partial charge is 0.0897 e. The number of hydrogen-bond donors (Lipinski definition) is 0. The zero-order valence-corrected chi connectivity index (χ0v) is 29.1. The minimum absolute atomic E-state index is 0.118. The molecule has 234 valence electrons. The van der Waals surface area contributed by atoms with Crippen molar-refractivity contribution in [2.75, 3.05) is 0 Å². The highest BCUT2D eigenvalue weighted by molar-refractivity contribution is 5.92. The minimum atomic E-state index is -0.118. The number of hydrogen-bond acceptors (Lipinski definition) is 4. The Morgan fingerprint density at radius 1 is 0.370 bits per heavy atom. The van der Waals surface area contributed by atoms with E-state index in [4.69, 9.17) is 19.9 Å². The monoisotopic (exact) mass is 606 g/mol. The molecule has 0 fully saturated rings. The van der Waals surface area contributed by atoms with E-state index in [0.29, 0.717) is 23.7 Å². The Morgan fingerprint density at radius 2 is 0.565 bits per heavy atom. The van der Waals surface area contributed by atoms with E-state index in [-0.39, 0.29) is 10.8 Å². The molecule has 9 rings (SSSR count). The zero-order chi connectivity index (χ0) is 32.4. The number of aromatic nitrogens is 4. The van der Waals surface area contributed by atoms with Crippen LogP contribution in [-0.4, -0.2) is 19.9 Å². The summed E-state index contributed by atoms with van der Waals surface area (Å²) in [5, 5.41) is 0. The Hall–Kier alpha value is -3.92. The molecule has 0 saturated heterocycles. The highest BCUT2D eigenvalue weighted by Crippen LogP contribution is 2.60. The average molecular weight is 607 g/mol. The van der Waals surface area contributed by atoms with Gasteiger partial charge in [-0.2, -0.15) is 0 Å². The van der Waals surface area contributed by atoms with Crippen LogP contribution in [-0.2, 0) is 10.8 Å². The van der Waals surface area contributed by atoms with Gasteiger partial charge in [-0.15, -0.1) is 0 Å². The molecular formula is C42H46N4. The molecule has 46 heavy (non-hydrogen) atoms. The van der Waals surface area contributed by atoms with Crippen molar-refractivity contribution in [3.05, 3.63) is 93.0 Å². The summed E-state index contributed by atoms with van der Waals surface area (Å²) in [6, 6.07) is 18.6. The topological polar surface area (TPSA) is 51.6 Å².